The molecule has 0 spiro atoms. The Labute approximate surface area is 551 Å². The molecule has 0 unspecified atom stereocenters. The number of amides is 5. The van der Waals surface area contributed by atoms with Crippen LogP contribution in [0.4, 0.5) is 4.79 Å². The maximum absolute atomic E-state index is 14.5. The minimum Gasteiger partial charge on any atom is -0.496 e. The summed E-state index contributed by atoms with van der Waals surface area (Å²) in [5.74, 6) is -4.94. The molecule has 3 rings (SSSR count). The number of hydrogen-bond acceptors (Lipinski definition) is 16. The average molecular weight is 1350 g/mol. The molecule has 0 saturated heterocycles. The van der Waals surface area contributed by atoms with Gasteiger partial charge in [-0.05, 0) is 191 Å². The Kier molecular flexibility index (Phi) is 31.8. The van der Waals surface area contributed by atoms with Crippen molar-refractivity contribution >= 4 is 73.4 Å². The zero-order valence-electron chi connectivity index (χ0n) is 57.5. The second-order valence-corrected chi connectivity index (χ2v) is 29.2. The Balaban J connectivity index is 1.90. The van der Waals surface area contributed by atoms with E-state index in [1.807, 2.05) is 13.8 Å². The van der Waals surface area contributed by atoms with Gasteiger partial charge in [-0.2, -0.15) is 0 Å². The van der Waals surface area contributed by atoms with Crippen molar-refractivity contribution in [3.8, 4) is 11.5 Å². The lowest BCUT2D eigenvalue weighted by atomic mass is 9.88. The van der Waals surface area contributed by atoms with Gasteiger partial charge >= 0.3 is 12.1 Å². The number of alkyl carbamates (subject to hydrolysis) is 1. The summed E-state index contributed by atoms with van der Waals surface area (Å²) in [7, 11) is -6.97. The molecule has 0 aliphatic carbocycles. The van der Waals surface area contributed by atoms with Crippen LogP contribution in [0.25, 0.3) is 0 Å². The highest BCUT2D eigenvalue weighted by atomic mass is 32.2. The number of ketones is 1. The number of aliphatic carboxylic acids is 1. The second kappa shape index (κ2) is 37.0. The third-order valence-corrected chi connectivity index (χ3v) is 19.4. The number of benzene rings is 2. The first-order valence-corrected chi connectivity index (χ1v) is 35.4. The van der Waals surface area contributed by atoms with Crippen molar-refractivity contribution in [3.05, 3.63) is 45.0 Å². The number of rotatable bonds is 38. The number of nitrogens with zero attached hydrogens (tertiary/aromatic N) is 2. The van der Waals surface area contributed by atoms with E-state index in [9.17, 15) is 55.5 Å². The third kappa shape index (κ3) is 26.2. The number of carboxylic acid groups (broad SMARTS) is 1. The normalized spacial score (nSPS) is 14.7. The van der Waals surface area contributed by atoms with Crippen LogP contribution in [0.15, 0.2) is 25.8 Å². The summed E-state index contributed by atoms with van der Waals surface area (Å²) in [6.45, 7) is 24.7. The lowest BCUT2D eigenvalue weighted by Gasteiger charge is -2.35. The lowest BCUT2D eigenvalue weighted by molar-refractivity contribution is -0.139. The molecule has 26 nitrogen and oxygen atoms in total. The van der Waals surface area contributed by atoms with E-state index < -0.39 is 128 Å². The molecule has 1 aliphatic rings. The number of aliphatic imine (C=N–C) groups is 2. The molecule has 5 amide bonds. The van der Waals surface area contributed by atoms with Gasteiger partial charge in [-0.3, -0.25) is 38.8 Å². The summed E-state index contributed by atoms with van der Waals surface area (Å²) in [4.78, 5) is 103. The van der Waals surface area contributed by atoms with Crippen LogP contribution >= 0.6 is 0 Å². The summed E-state index contributed by atoms with van der Waals surface area (Å²) in [5.41, 5.74) is 15.1. The lowest BCUT2D eigenvalue weighted by Crippen LogP contribution is -2.59. The van der Waals surface area contributed by atoms with E-state index in [0.29, 0.717) is 70.6 Å². The van der Waals surface area contributed by atoms with Crippen LogP contribution in [0, 0.1) is 47.5 Å². The summed E-state index contributed by atoms with van der Waals surface area (Å²) >= 11 is 0. The zero-order chi connectivity index (χ0) is 70.2. The van der Waals surface area contributed by atoms with E-state index in [2.05, 4.69) is 52.9 Å². The number of ether oxygens (including phenoxy) is 3. The van der Waals surface area contributed by atoms with Crippen molar-refractivity contribution in [2.75, 3.05) is 26.7 Å². The second-order valence-electron chi connectivity index (χ2n) is 26.0. The van der Waals surface area contributed by atoms with E-state index in [1.165, 1.54) is 7.11 Å². The Bertz CT molecular complexity index is 3230. The molecule has 0 aromatic heterocycles. The fourth-order valence-electron chi connectivity index (χ4n) is 10.9. The van der Waals surface area contributed by atoms with Crippen LogP contribution in [0.3, 0.4) is 0 Å². The van der Waals surface area contributed by atoms with Gasteiger partial charge in [0.15, 0.2) is 5.78 Å². The summed E-state index contributed by atoms with van der Waals surface area (Å²) < 4.78 is 76.7. The minimum absolute atomic E-state index is 0.0170. The van der Waals surface area contributed by atoms with Gasteiger partial charge in [0, 0.05) is 32.5 Å². The van der Waals surface area contributed by atoms with Gasteiger partial charge in [0.25, 0.3) is 20.0 Å². The maximum atomic E-state index is 14.5. The number of carbonyl (C=O) groups excluding carboxylic acids is 6. The van der Waals surface area contributed by atoms with Crippen LogP contribution < -0.4 is 57.0 Å². The molecule has 1 aliphatic heterocycles. The van der Waals surface area contributed by atoms with Gasteiger partial charge in [0.05, 0.1) is 29.4 Å². The number of unbranched alkanes of at least 4 members (excludes halogenated alkanes) is 7. The molecule has 4 atom stereocenters. The minimum atomic E-state index is -4.26. The number of carbonyl (C=O) groups is 7. The Morgan fingerprint density at radius 2 is 1.18 bits per heavy atom. The number of nitrogens with two attached hydrogens (primary N) is 2. The number of Topliss-reactive ketones (excluding diaryl/α,β-unsaturated/α-hetero) is 1. The quantitative estimate of drug-likeness (QED) is 0.0184. The van der Waals surface area contributed by atoms with Gasteiger partial charge in [-0.25, -0.2) is 31.1 Å². The van der Waals surface area contributed by atoms with Gasteiger partial charge in [-0.15, -0.1) is 0 Å². The smallest absolute Gasteiger partial charge is 0.407 e. The molecule has 524 valence electrons. The van der Waals surface area contributed by atoms with E-state index in [0.717, 1.165) is 44.1 Å². The molecule has 1 heterocycles. The third-order valence-electron chi connectivity index (χ3n) is 16.2. The number of hydrogen-bond donors (Lipinski definition) is 10. The molecule has 12 N–H and O–H groups in total. The van der Waals surface area contributed by atoms with Crippen molar-refractivity contribution in [2.24, 2.45) is 27.4 Å². The van der Waals surface area contributed by atoms with Gasteiger partial charge in [0.2, 0.25) is 35.5 Å². The highest BCUT2D eigenvalue weighted by Crippen LogP contribution is 2.42. The molecule has 0 saturated carbocycles. The predicted octanol–water partition coefficient (Wildman–Crippen LogP) is 6.96. The van der Waals surface area contributed by atoms with E-state index in [1.54, 1.807) is 82.2 Å². The van der Waals surface area contributed by atoms with Gasteiger partial charge < -0.3 is 57.4 Å². The van der Waals surface area contributed by atoms with Crippen molar-refractivity contribution < 1.29 is 69.7 Å². The van der Waals surface area contributed by atoms with Crippen LogP contribution in [-0.4, -0.2) is 137 Å². The molecule has 2 aromatic carbocycles. The maximum Gasteiger partial charge on any atom is 0.407 e. The summed E-state index contributed by atoms with van der Waals surface area (Å²) in [6.07, 6.45) is 6.88. The largest absolute Gasteiger partial charge is 0.496 e. The molecular weight excluding hydrogens is 1240 g/mol. The van der Waals surface area contributed by atoms with E-state index >= 15 is 0 Å². The number of carboxylic acids is 1. The number of methoxy groups -OCH3 is 1. The zero-order valence-corrected chi connectivity index (χ0v) is 59.2. The van der Waals surface area contributed by atoms with Gasteiger partial charge in [0.1, 0.15) is 40.8 Å². The first-order chi connectivity index (χ1) is 43.4. The predicted molar refractivity (Wildman–Crippen MR) is 358 cm³/mol. The topological polar surface area (TPSA) is 397 Å². The Hall–Kier alpha value is -7.23. The number of sulfonamides is 2. The SMILES string of the molecule is CCCCCCCCCC(=O)N[C@@H](CCCN=C(N)NS(=O)(=O)c1c(C)cc(OC)c(C)c1C)C(=O)N[C@H](C(=O)N[C@@H](CCCCNC(=O)OC(C)(C)C)C(=O)N[C@@H](CCCN=C(N)NS(=O)(=O)c1c(C)c(C)c2c(c1C)CCC(C)(C)O2)C(=O)CCC(=O)O)C(C)C. The molecule has 0 fully saturated rings. The van der Waals surface area contributed by atoms with Gasteiger partial charge in [-0.1, -0.05) is 59.3 Å². The van der Waals surface area contributed by atoms with Crippen LogP contribution in [0.2, 0.25) is 0 Å². The summed E-state index contributed by atoms with van der Waals surface area (Å²) in [6, 6.07) is -3.58. The van der Waals surface area contributed by atoms with E-state index in [4.69, 9.17) is 25.7 Å². The Morgan fingerprint density at radius 1 is 0.656 bits per heavy atom. The van der Waals surface area contributed by atoms with Crippen LogP contribution in [0.1, 0.15) is 210 Å². The molecule has 2 aromatic rings. The fourth-order valence-corrected chi connectivity index (χ4v) is 13.9. The average Bonchev–Trinajstić information content (AvgIpc) is 0.754. The molecule has 0 radical (unpaired) electrons. The number of nitrogens with one attached hydrogen (secondary N) is 7. The molecular formula is C65H107N11O15S2. The van der Waals surface area contributed by atoms with Crippen molar-refractivity contribution in [2.45, 2.75) is 264 Å². The fraction of sp³-hybridized carbons (Fsp3) is 0.677. The number of fused-ring (bicyclic) bond motifs is 1. The van der Waals surface area contributed by atoms with Crippen LogP contribution in [-0.2, 0) is 60.0 Å². The van der Waals surface area contributed by atoms with Crippen LogP contribution in [0.5, 0.6) is 11.5 Å². The Morgan fingerprint density at radius 3 is 1.75 bits per heavy atom. The van der Waals surface area contributed by atoms with Crippen molar-refractivity contribution in [1.29, 1.82) is 0 Å². The highest BCUT2D eigenvalue weighted by Gasteiger charge is 2.36. The number of guanidine groups is 2. The van der Waals surface area contributed by atoms with Crippen molar-refractivity contribution in [1.82, 2.24) is 36.0 Å². The number of aryl methyl sites for hydroxylation is 1. The monoisotopic (exact) mass is 1350 g/mol. The molecule has 28 heteroatoms. The van der Waals surface area contributed by atoms with Crippen molar-refractivity contribution in [3.63, 3.8) is 0 Å². The molecule has 93 heavy (non-hydrogen) atoms. The molecule has 0 bridgehead atoms. The highest BCUT2D eigenvalue weighted by molar-refractivity contribution is 7.90. The first-order valence-electron chi connectivity index (χ1n) is 32.4. The standard InChI is InChI=1S/C65H107N11O15S2/c1-16-17-18-19-20-21-22-30-52(78)71-48(29-26-37-69-61(66)75-92(85,86)56-40(4)38-51(89-15)41(5)43(56)7)59(82)74-54(39(2)3)60(83)73-49(27-23-24-35-70-63(84)91-64(10,11)12)58(81)72-47(50(77)31-32-53(79)80)28-25-36-68-62(67)76-93(87,88)57-44(8)42(6)55-46(45(57)9)33-34-65(13,14)90-55/h38-39,47-49,54H,16-37H2,1-15H3,(H,70,84)(H,71,78)(H,72,81)(H,73,83)(H,74,82)(H,79,80)(H3,66,69,75)(H3,67,68,76)/t47-,48-,49-,54-/m0/s1. The first kappa shape index (κ1) is 80.0. The summed E-state index contributed by atoms with van der Waals surface area (Å²) in [5, 5.41) is 23.2. The van der Waals surface area contributed by atoms with E-state index in [-0.39, 0.29) is 74.4 Å².